The van der Waals surface area contributed by atoms with Gasteiger partial charge in [-0.1, -0.05) is 61.3 Å². The van der Waals surface area contributed by atoms with E-state index in [1.807, 2.05) is 24.3 Å². The Morgan fingerprint density at radius 2 is 1.83 bits per heavy atom. The molecule has 8 heteroatoms. The van der Waals surface area contributed by atoms with Crippen molar-refractivity contribution in [1.29, 1.82) is 0 Å². The first-order chi connectivity index (χ1) is 11.3. The number of hydrogen-bond acceptors (Lipinski definition) is 3. The molecule has 1 aromatic heterocycles. The number of carbonyl (C=O) groups excluding carboxylic acids is 1. The Labute approximate surface area is 154 Å². The summed E-state index contributed by atoms with van der Waals surface area (Å²) in [4.78, 5) is 14.7. The van der Waals surface area contributed by atoms with Crippen molar-refractivity contribution in [1.82, 2.24) is 5.43 Å². The summed E-state index contributed by atoms with van der Waals surface area (Å²) in [5.41, 5.74) is 10.1. The second-order valence-corrected chi connectivity index (χ2v) is 6.51. The highest BCUT2D eigenvalue weighted by molar-refractivity contribution is 6.45. The van der Waals surface area contributed by atoms with E-state index in [0.29, 0.717) is 5.92 Å². The molecule has 0 aliphatic carbocycles. The van der Waals surface area contributed by atoms with Crippen LogP contribution in [0.5, 0.6) is 0 Å². The maximum Gasteiger partial charge on any atom is 0.337 e. The van der Waals surface area contributed by atoms with E-state index < -0.39 is 5.91 Å². The number of benzene rings is 1. The van der Waals surface area contributed by atoms with Crippen molar-refractivity contribution in [2.24, 2.45) is 5.10 Å². The lowest BCUT2D eigenvalue weighted by atomic mass is 10.0. The molecule has 0 bridgehead atoms. The summed E-state index contributed by atoms with van der Waals surface area (Å²) in [7, 11) is 0. The summed E-state index contributed by atoms with van der Waals surface area (Å²) in [6.45, 7) is 4.24. The van der Waals surface area contributed by atoms with Crippen molar-refractivity contribution in [3.05, 3.63) is 56.3 Å². The molecule has 0 atom stereocenters. The first-order valence-corrected chi connectivity index (χ1v) is 8.23. The van der Waals surface area contributed by atoms with Crippen LogP contribution in [0.2, 0.25) is 15.2 Å². The van der Waals surface area contributed by atoms with E-state index >= 15 is 0 Å². The Kier molecular flexibility index (Phi) is 6.04. The van der Waals surface area contributed by atoms with Crippen LogP contribution in [-0.2, 0) is 0 Å². The molecule has 126 valence electrons. The molecule has 0 fully saturated rings. The van der Waals surface area contributed by atoms with Crippen LogP contribution in [0.15, 0.2) is 29.4 Å². The quantitative estimate of drug-likeness (QED) is 0.474. The second-order valence-electron chi connectivity index (χ2n) is 5.38. The molecule has 24 heavy (non-hydrogen) atoms. The predicted molar refractivity (Wildman–Crippen MR) is 98.0 cm³/mol. The lowest BCUT2D eigenvalue weighted by molar-refractivity contribution is -0.379. The molecular weight excluding hydrogens is 371 g/mol. The van der Waals surface area contributed by atoms with Gasteiger partial charge in [-0.15, -0.1) is 0 Å². The summed E-state index contributed by atoms with van der Waals surface area (Å²) in [6, 6.07) is 7.86. The number of amides is 1. The Morgan fingerprint density at radius 3 is 2.42 bits per heavy atom. The number of halogens is 3. The maximum absolute atomic E-state index is 12.1. The van der Waals surface area contributed by atoms with Crippen LogP contribution < -0.4 is 16.1 Å². The van der Waals surface area contributed by atoms with Gasteiger partial charge in [0.15, 0.2) is 0 Å². The van der Waals surface area contributed by atoms with Gasteiger partial charge in [-0.05, 0) is 28.6 Å². The highest BCUT2D eigenvalue weighted by Gasteiger charge is 2.25. The molecule has 0 saturated heterocycles. The SMILES string of the molecule is CC(C)c1ccc(/C=N\NC(=O)c2[nH+]c(Cl)c(Cl)c(N)c2Cl)cc1. The minimum Gasteiger partial charge on any atom is -0.396 e. The van der Waals surface area contributed by atoms with Crippen LogP contribution in [0.1, 0.15) is 41.4 Å². The van der Waals surface area contributed by atoms with Gasteiger partial charge in [-0.25, -0.2) is 5.43 Å². The van der Waals surface area contributed by atoms with Gasteiger partial charge < -0.3 is 5.73 Å². The number of nitrogens with two attached hydrogens (primary N) is 1. The molecule has 1 amide bonds. The van der Waals surface area contributed by atoms with Gasteiger partial charge in [0, 0.05) is 0 Å². The smallest absolute Gasteiger partial charge is 0.337 e. The molecule has 0 saturated carbocycles. The number of anilines is 1. The highest BCUT2D eigenvalue weighted by atomic mass is 35.5. The molecule has 2 aromatic rings. The number of aromatic amines is 1. The molecule has 0 spiro atoms. The van der Waals surface area contributed by atoms with E-state index in [4.69, 9.17) is 40.5 Å². The first-order valence-electron chi connectivity index (χ1n) is 7.09. The maximum atomic E-state index is 12.1. The number of nitrogens with one attached hydrogen (secondary N) is 2. The van der Waals surface area contributed by atoms with Gasteiger partial charge >= 0.3 is 5.91 Å². The lowest BCUT2D eigenvalue weighted by Crippen LogP contribution is -2.28. The van der Waals surface area contributed by atoms with Crippen LogP contribution in [0.3, 0.4) is 0 Å². The molecule has 4 N–H and O–H groups in total. The van der Waals surface area contributed by atoms with E-state index in [2.05, 4.69) is 29.4 Å². The Morgan fingerprint density at radius 1 is 1.21 bits per heavy atom. The number of aromatic nitrogens is 1. The third-order valence-corrected chi connectivity index (χ3v) is 4.50. The monoisotopic (exact) mass is 385 g/mol. The zero-order chi connectivity index (χ0) is 17.9. The zero-order valence-corrected chi connectivity index (χ0v) is 15.3. The molecule has 2 rings (SSSR count). The first kappa shape index (κ1) is 18.5. The predicted octanol–water partition coefficient (Wildman–Crippen LogP) is 3.93. The van der Waals surface area contributed by atoms with Crippen molar-refractivity contribution in [2.45, 2.75) is 19.8 Å². The summed E-state index contributed by atoms with van der Waals surface area (Å²) in [5.74, 6) is -0.131. The van der Waals surface area contributed by atoms with E-state index in [-0.39, 0.29) is 26.6 Å². The van der Waals surface area contributed by atoms with Crippen molar-refractivity contribution >= 4 is 52.6 Å². The van der Waals surface area contributed by atoms with Gasteiger partial charge in [0.25, 0.3) is 10.8 Å². The Hall–Kier alpha value is -1.82. The molecule has 1 aromatic carbocycles. The van der Waals surface area contributed by atoms with E-state index in [1.165, 1.54) is 11.8 Å². The van der Waals surface area contributed by atoms with Crippen LogP contribution in [0, 0.1) is 0 Å². The summed E-state index contributed by atoms with van der Waals surface area (Å²) in [5, 5.41) is 3.97. The van der Waals surface area contributed by atoms with E-state index in [9.17, 15) is 4.79 Å². The van der Waals surface area contributed by atoms with Gasteiger partial charge in [0.2, 0.25) is 0 Å². The van der Waals surface area contributed by atoms with Crippen molar-refractivity contribution in [3.63, 3.8) is 0 Å². The van der Waals surface area contributed by atoms with Crippen LogP contribution in [-0.4, -0.2) is 12.1 Å². The van der Waals surface area contributed by atoms with Crippen molar-refractivity contribution in [3.8, 4) is 0 Å². The average molecular weight is 387 g/mol. The fraction of sp³-hybridized carbons (Fsp3) is 0.188. The lowest BCUT2D eigenvalue weighted by Gasteiger charge is -2.04. The normalized spacial score (nSPS) is 11.2. The number of pyridine rings is 1. The minimum atomic E-state index is -0.583. The van der Waals surface area contributed by atoms with Gasteiger partial charge in [-0.3, -0.25) is 4.79 Å². The van der Waals surface area contributed by atoms with Crippen molar-refractivity contribution in [2.75, 3.05) is 5.73 Å². The molecule has 0 aliphatic heterocycles. The van der Waals surface area contributed by atoms with E-state index in [0.717, 1.165) is 5.56 Å². The van der Waals surface area contributed by atoms with Gasteiger partial charge in [0.05, 0.1) is 11.9 Å². The van der Waals surface area contributed by atoms with Crippen LogP contribution in [0.4, 0.5) is 5.69 Å². The third kappa shape index (κ3) is 4.17. The number of H-pyrrole nitrogens is 1. The largest absolute Gasteiger partial charge is 0.396 e. The van der Waals surface area contributed by atoms with Gasteiger partial charge in [0.1, 0.15) is 10.0 Å². The zero-order valence-electron chi connectivity index (χ0n) is 13.0. The van der Waals surface area contributed by atoms with E-state index in [1.54, 1.807) is 0 Å². The second kappa shape index (κ2) is 7.83. The van der Waals surface area contributed by atoms with Crippen LogP contribution in [0.25, 0.3) is 0 Å². The fourth-order valence-electron chi connectivity index (χ4n) is 1.91. The fourth-order valence-corrected chi connectivity index (χ4v) is 2.53. The standard InChI is InChI=1S/C16H15Cl3N4O/c1-8(2)10-5-3-9(4-6-10)7-21-23-16(24)14-11(17)13(20)12(18)15(19)22-14/h3-8H,1-2H3,(H2,20,22)(H,23,24)/p+1/b21-7-. The summed E-state index contributed by atoms with van der Waals surface area (Å²) >= 11 is 17.7. The Balaban J connectivity index is 2.10. The topological polar surface area (TPSA) is 81.6 Å². The average Bonchev–Trinajstić information content (AvgIpc) is 2.56. The van der Waals surface area contributed by atoms with Crippen molar-refractivity contribution < 1.29 is 9.78 Å². The summed E-state index contributed by atoms with van der Waals surface area (Å²) < 4.78 is 0. The number of hydrogen-bond donors (Lipinski definition) is 2. The number of hydrazone groups is 1. The minimum absolute atomic E-state index is 0.0154. The molecule has 0 aliphatic rings. The highest BCUT2D eigenvalue weighted by Crippen LogP contribution is 2.31. The molecule has 5 nitrogen and oxygen atoms in total. The van der Waals surface area contributed by atoms with Crippen LogP contribution >= 0.6 is 34.8 Å². The molecular formula is C16H16Cl3N4O+. The number of nitrogen functional groups attached to an aromatic ring is 1. The Bertz CT molecular complexity index is 789. The molecule has 0 radical (unpaired) electrons. The van der Waals surface area contributed by atoms with Gasteiger partial charge in [-0.2, -0.15) is 10.1 Å². The number of nitrogens with zero attached hydrogens (tertiary/aromatic N) is 1. The number of carbonyl (C=O) groups is 1. The summed E-state index contributed by atoms with van der Waals surface area (Å²) in [6.07, 6.45) is 1.52. The molecule has 0 unspecified atom stereocenters. The third-order valence-electron chi connectivity index (χ3n) is 3.33. The molecule has 1 heterocycles. The number of rotatable bonds is 4.